The number of hydrogen-bond donors (Lipinski definition) is 1. The quantitative estimate of drug-likeness (QED) is 0.770. The molecule has 1 saturated carbocycles. The number of benzene rings is 1. The zero-order valence-electron chi connectivity index (χ0n) is 16.0. The van der Waals surface area contributed by atoms with E-state index in [1.165, 1.54) is 38.5 Å². The van der Waals surface area contributed by atoms with E-state index in [-0.39, 0.29) is 5.78 Å². The summed E-state index contributed by atoms with van der Waals surface area (Å²) in [7, 11) is 0. The normalized spacial score (nSPS) is 24.7. The maximum absolute atomic E-state index is 11.1. The first-order valence-electron chi connectivity index (χ1n) is 10.2. The molecule has 3 rings (SSSR count). The van der Waals surface area contributed by atoms with Gasteiger partial charge in [0.15, 0.2) is 0 Å². The Labute approximate surface area is 157 Å². The van der Waals surface area contributed by atoms with Crippen LogP contribution in [0.5, 0.6) is 5.75 Å². The van der Waals surface area contributed by atoms with E-state index < -0.39 is 6.10 Å². The van der Waals surface area contributed by atoms with Gasteiger partial charge in [-0.2, -0.15) is 0 Å². The molecule has 0 unspecified atom stereocenters. The molecule has 144 valence electrons. The minimum Gasteiger partial charge on any atom is -0.491 e. The van der Waals surface area contributed by atoms with Crippen LogP contribution in [0.3, 0.4) is 0 Å². The topological polar surface area (TPSA) is 49.8 Å². The number of hydrogen-bond acceptors (Lipinski definition) is 4. The van der Waals surface area contributed by atoms with Crippen LogP contribution in [0.15, 0.2) is 24.3 Å². The fourth-order valence-electron chi connectivity index (χ4n) is 4.54. The first-order chi connectivity index (χ1) is 12.6. The highest BCUT2D eigenvalue weighted by Gasteiger charge is 2.33. The number of aliphatic hydroxyl groups excluding tert-OH is 1. The van der Waals surface area contributed by atoms with Crippen molar-refractivity contribution in [2.75, 3.05) is 19.7 Å². The summed E-state index contributed by atoms with van der Waals surface area (Å²) in [6, 6.07) is 8.54. The molecule has 1 aromatic rings. The van der Waals surface area contributed by atoms with Crippen molar-refractivity contribution < 1.29 is 14.6 Å². The third kappa shape index (κ3) is 5.55. The number of ketones is 1. The summed E-state index contributed by atoms with van der Waals surface area (Å²) < 4.78 is 5.78. The van der Waals surface area contributed by atoms with E-state index in [1.807, 2.05) is 24.3 Å². The number of aliphatic hydroxyl groups is 1. The Balaban J connectivity index is 1.43. The molecule has 0 spiro atoms. The molecule has 0 aromatic heterocycles. The molecule has 2 aliphatic rings. The summed E-state index contributed by atoms with van der Waals surface area (Å²) in [5.74, 6) is 1.84. The van der Waals surface area contributed by atoms with Crippen molar-refractivity contribution in [3.63, 3.8) is 0 Å². The van der Waals surface area contributed by atoms with Crippen LogP contribution in [-0.2, 0) is 11.2 Å². The summed E-state index contributed by atoms with van der Waals surface area (Å²) in [4.78, 5) is 13.6. The molecule has 0 bridgehead atoms. The van der Waals surface area contributed by atoms with Crippen LogP contribution in [0.25, 0.3) is 0 Å². The second kappa shape index (κ2) is 9.52. The van der Waals surface area contributed by atoms with E-state index in [1.54, 1.807) is 6.92 Å². The van der Waals surface area contributed by atoms with E-state index in [9.17, 15) is 9.90 Å². The minimum absolute atomic E-state index is 0.214. The minimum atomic E-state index is -0.451. The second-order valence-corrected chi connectivity index (χ2v) is 8.06. The van der Waals surface area contributed by atoms with Crippen molar-refractivity contribution in [1.29, 1.82) is 0 Å². The first kappa shape index (κ1) is 19.4. The maximum atomic E-state index is 11.1. The fraction of sp³-hybridized carbons (Fsp3) is 0.682. The van der Waals surface area contributed by atoms with Crippen LogP contribution in [0.4, 0.5) is 0 Å². The Morgan fingerprint density at radius 2 is 1.92 bits per heavy atom. The van der Waals surface area contributed by atoms with E-state index >= 15 is 0 Å². The number of carbonyl (C=O) groups is 1. The van der Waals surface area contributed by atoms with E-state index in [2.05, 4.69) is 4.90 Å². The maximum Gasteiger partial charge on any atom is 0.130 e. The summed E-state index contributed by atoms with van der Waals surface area (Å²) >= 11 is 0. The molecule has 1 heterocycles. The van der Waals surface area contributed by atoms with Gasteiger partial charge in [-0.3, -0.25) is 4.90 Å². The number of piperidine rings is 1. The van der Waals surface area contributed by atoms with Crippen LogP contribution < -0.4 is 4.74 Å². The van der Waals surface area contributed by atoms with Gasteiger partial charge in [0.2, 0.25) is 0 Å². The van der Waals surface area contributed by atoms with Crippen molar-refractivity contribution in [1.82, 2.24) is 4.90 Å². The van der Waals surface area contributed by atoms with Crippen LogP contribution >= 0.6 is 0 Å². The standard InChI is InChI=1S/C22H33NO3/c1-17(24)8-9-18-10-12-21(13-11-18)26-16-20(25)15-23-14-4-6-19-5-2-3-7-22(19)23/h10-13,19-20,22,25H,2-9,14-16H2,1H3/t19-,20-,22-/m1/s1. The van der Waals surface area contributed by atoms with Crippen LogP contribution in [0.2, 0.25) is 0 Å². The van der Waals surface area contributed by atoms with Crippen molar-refractivity contribution in [2.45, 2.75) is 70.4 Å². The molecule has 1 N–H and O–H groups in total. The highest BCUT2D eigenvalue weighted by Crippen LogP contribution is 2.35. The predicted molar refractivity (Wildman–Crippen MR) is 103 cm³/mol. The highest BCUT2D eigenvalue weighted by molar-refractivity contribution is 5.75. The van der Waals surface area contributed by atoms with Gasteiger partial charge in [-0.1, -0.05) is 25.0 Å². The number of carbonyl (C=O) groups excluding carboxylic acids is 1. The van der Waals surface area contributed by atoms with Gasteiger partial charge in [-0.15, -0.1) is 0 Å². The lowest BCUT2D eigenvalue weighted by Gasteiger charge is -2.44. The number of likely N-dealkylation sites (tertiary alicyclic amines) is 1. The number of aryl methyl sites for hydroxylation is 1. The van der Waals surface area contributed by atoms with E-state index in [0.29, 0.717) is 19.1 Å². The third-order valence-electron chi connectivity index (χ3n) is 5.93. The van der Waals surface area contributed by atoms with Gasteiger partial charge in [0.1, 0.15) is 24.2 Å². The molecule has 1 saturated heterocycles. The predicted octanol–water partition coefficient (Wildman–Crippen LogP) is 3.60. The van der Waals surface area contributed by atoms with Gasteiger partial charge in [0, 0.05) is 19.0 Å². The summed E-state index contributed by atoms with van der Waals surface area (Å²) in [6.45, 7) is 3.79. The Morgan fingerprint density at radius 3 is 2.69 bits per heavy atom. The molecule has 26 heavy (non-hydrogen) atoms. The largest absolute Gasteiger partial charge is 0.491 e. The summed E-state index contributed by atoms with van der Waals surface area (Å²) in [5.41, 5.74) is 1.14. The Hall–Kier alpha value is -1.39. The average molecular weight is 360 g/mol. The van der Waals surface area contributed by atoms with Crippen molar-refractivity contribution in [3.05, 3.63) is 29.8 Å². The average Bonchev–Trinajstić information content (AvgIpc) is 2.66. The molecule has 1 aliphatic carbocycles. The van der Waals surface area contributed by atoms with Crippen molar-refractivity contribution in [2.24, 2.45) is 5.92 Å². The van der Waals surface area contributed by atoms with Crippen LogP contribution in [0.1, 0.15) is 57.4 Å². The second-order valence-electron chi connectivity index (χ2n) is 8.06. The smallest absolute Gasteiger partial charge is 0.130 e. The Bertz CT molecular complexity index is 569. The molecule has 0 amide bonds. The molecule has 1 aromatic carbocycles. The molecule has 4 heteroatoms. The van der Waals surface area contributed by atoms with Gasteiger partial charge in [0.25, 0.3) is 0 Å². The van der Waals surface area contributed by atoms with Gasteiger partial charge < -0.3 is 14.6 Å². The number of rotatable bonds is 8. The molecule has 4 nitrogen and oxygen atoms in total. The van der Waals surface area contributed by atoms with Gasteiger partial charge in [0.05, 0.1) is 0 Å². The monoisotopic (exact) mass is 359 g/mol. The lowest BCUT2D eigenvalue weighted by Crippen LogP contribution is -2.50. The highest BCUT2D eigenvalue weighted by atomic mass is 16.5. The van der Waals surface area contributed by atoms with Gasteiger partial charge in [-0.05, 0) is 69.2 Å². The SMILES string of the molecule is CC(=O)CCc1ccc(OC[C@H](O)CN2CCC[C@H]3CCCC[C@H]32)cc1. The number of β-amino-alcohol motifs (C(OH)–C–C–N with tert-alkyl or cyclic N) is 1. The number of ether oxygens (including phenoxy) is 1. The Morgan fingerprint density at radius 1 is 1.19 bits per heavy atom. The van der Waals surface area contributed by atoms with Crippen LogP contribution in [0, 0.1) is 5.92 Å². The zero-order valence-corrected chi connectivity index (χ0v) is 16.0. The van der Waals surface area contributed by atoms with Crippen molar-refractivity contribution >= 4 is 5.78 Å². The number of nitrogens with zero attached hydrogens (tertiary/aromatic N) is 1. The zero-order chi connectivity index (χ0) is 18.4. The first-order valence-corrected chi connectivity index (χ1v) is 10.2. The lowest BCUT2D eigenvalue weighted by molar-refractivity contribution is -0.116. The summed E-state index contributed by atoms with van der Waals surface area (Å²) in [5, 5.41) is 10.4. The fourth-order valence-corrected chi connectivity index (χ4v) is 4.54. The van der Waals surface area contributed by atoms with E-state index in [4.69, 9.17) is 4.74 Å². The molecular weight excluding hydrogens is 326 g/mol. The van der Waals surface area contributed by atoms with Gasteiger partial charge >= 0.3 is 0 Å². The summed E-state index contributed by atoms with van der Waals surface area (Å²) in [6.07, 6.45) is 8.90. The molecule has 1 aliphatic heterocycles. The van der Waals surface area contributed by atoms with E-state index in [0.717, 1.165) is 36.7 Å². The Kier molecular flexibility index (Phi) is 7.09. The molecule has 2 fully saturated rings. The lowest BCUT2D eigenvalue weighted by atomic mass is 9.78. The van der Waals surface area contributed by atoms with Crippen molar-refractivity contribution in [3.8, 4) is 5.75 Å². The number of fused-ring (bicyclic) bond motifs is 1. The van der Waals surface area contributed by atoms with Gasteiger partial charge in [-0.25, -0.2) is 0 Å². The third-order valence-corrected chi connectivity index (χ3v) is 5.93. The molecular formula is C22H33NO3. The molecule has 0 radical (unpaired) electrons. The molecule has 3 atom stereocenters. The van der Waals surface area contributed by atoms with Crippen LogP contribution in [-0.4, -0.2) is 47.6 Å². The number of Topliss-reactive ketones (excluding diaryl/α,β-unsaturated/α-hetero) is 1.